The predicted octanol–water partition coefficient (Wildman–Crippen LogP) is 1.69. The Morgan fingerprint density at radius 1 is 1.23 bits per heavy atom. The predicted molar refractivity (Wildman–Crippen MR) is 88.6 cm³/mol. The van der Waals surface area contributed by atoms with E-state index < -0.39 is 0 Å². The number of benzene rings is 1. The van der Waals surface area contributed by atoms with Crippen molar-refractivity contribution in [2.75, 3.05) is 13.1 Å². The van der Waals surface area contributed by atoms with Gasteiger partial charge in [-0.1, -0.05) is 24.3 Å². The van der Waals surface area contributed by atoms with Crippen molar-refractivity contribution in [3.63, 3.8) is 0 Å². The first kappa shape index (κ1) is 15.5. The number of nitrogens with zero attached hydrogens (tertiary/aromatic N) is 1. The smallest absolute Gasteiger partial charge is 0.237 e. The summed E-state index contributed by atoms with van der Waals surface area (Å²) < 4.78 is 0. The van der Waals surface area contributed by atoms with E-state index in [4.69, 9.17) is 0 Å². The molecule has 2 aliphatic heterocycles. The molecule has 1 aromatic carbocycles. The van der Waals surface area contributed by atoms with Crippen LogP contribution in [0.2, 0.25) is 0 Å². The number of rotatable bonds is 3. The second kappa shape index (κ2) is 6.80. The Balaban J connectivity index is 1.51. The summed E-state index contributed by atoms with van der Waals surface area (Å²) in [4.78, 5) is 15.0. The van der Waals surface area contributed by atoms with Gasteiger partial charge in [0.25, 0.3) is 0 Å². The Labute approximate surface area is 133 Å². The van der Waals surface area contributed by atoms with Gasteiger partial charge in [0.2, 0.25) is 5.91 Å². The maximum absolute atomic E-state index is 12.5. The van der Waals surface area contributed by atoms with Gasteiger partial charge in [-0.15, -0.1) is 0 Å². The van der Waals surface area contributed by atoms with Crippen molar-refractivity contribution in [1.82, 2.24) is 15.5 Å². The SMILES string of the molecule is CC(C)N1CCC(NC(=O)C2Cc3ccccc3CN2)CC1. The highest BCUT2D eigenvalue weighted by molar-refractivity contribution is 5.82. The molecular formula is C18H27N3O. The van der Waals surface area contributed by atoms with Crippen LogP contribution in [0.1, 0.15) is 37.8 Å². The molecule has 1 atom stereocenters. The van der Waals surface area contributed by atoms with Crippen molar-refractivity contribution < 1.29 is 4.79 Å². The summed E-state index contributed by atoms with van der Waals surface area (Å²) >= 11 is 0. The Morgan fingerprint density at radius 2 is 1.91 bits per heavy atom. The number of amides is 1. The highest BCUT2D eigenvalue weighted by atomic mass is 16.2. The van der Waals surface area contributed by atoms with E-state index in [1.54, 1.807) is 0 Å². The summed E-state index contributed by atoms with van der Waals surface area (Å²) in [6.45, 7) is 7.44. The van der Waals surface area contributed by atoms with Gasteiger partial charge >= 0.3 is 0 Å². The first-order chi connectivity index (χ1) is 10.6. The van der Waals surface area contributed by atoms with Crippen molar-refractivity contribution in [1.29, 1.82) is 0 Å². The molecular weight excluding hydrogens is 274 g/mol. The first-order valence-electron chi connectivity index (χ1n) is 8.48. The molecule has 2 heterocycles. The number of fused-ring (bicyclic) bond motifs is 1. The lowest BCUT2D eigenvalue weighted by Crippen LogP contribution is -2.53. The molecule has 1 saturated heterocycles. The largest absolute Gasteiger partial charge is 0.352 e. The molecule has 3 rings (SSSR count). The standard InChI is InChI=1S/C18H27N3O/c1-13(2)21-9-7-16(8-10-21)20-18(22)17-11-14-5-3-4-6-15(14)12-19-17/h3-6,13,16-17,19H,7-12H2,1-2H3,(H,20,22). The second-order valence-electron chi connectivity index (χ2n) is 6.82. The molecule has 22 heavy (non-hydrogen) atoms. The summed E-state index contributed by atoms with van der Waals surface area (Å²) in [5.74, 6) is 0.164. The molecule has 1 fully saturated rings. The fourth-order valence-corrected chi connectivity index (χ4v) is 3.50. The summed E-state index contributed by atoms with van der Waals surface area (Å²) in [7, 11) is 0. The van der Waals surface area contributed by atoms with Gasteiger partial charge in [-0.05, 0) is 44.2 Å². The van der Waals surface area contributed by atoms with Crippen LogP contribution in [0.4, 0.5) is 0 Å². The number of hydrogen-bond acceptors (Lipinski definition) is 3. The van der Waals surface area contributed by atoms with Crippen LogP contribution >= 0.6 is 0 Å². The molecule has 0 aliphatic carbocycles. The van der Waals surface area contributed by atoms with Crippen LogP contribution in [-0.4, -0.2) is 42.0 Å². The summed E-state index contributed by atoms with van der Waals surface area (Å²) in [6.07, 6.45) is 2.92. The van der Waals surface area contributed by atoms with E-state index in [1.807, 2.05) is 0 Å². The number of carbonyl (C=O) groups is 1. The van der Waals surface area contributed by atoms with Gasteiger partial charge in [-0.3, -0.25) is 4.79 Å². The van der Waals surface area contributed by atoms with Crippen LogP contribution in [0.5, 0.6) is 0 Å². The molecule has 1 unspecified atom stereocenters. The van der Waals surface area contributed by atoms with Gasteiger partial charge in [0.1, 0.15) is 0 Å². The van der Waals surface area contributed by atoms with Crippen LogP contribution in [0.3, 0.4) is 0 Å². The molecule has 4 heteroatoms. The molecule has 2 N–H and O–H groups in total. The van der Waals surface area contributed by atoms with Crippen molar-refractivity contribution in [2.45, 2.75) is 57.8 Å². The zero-order valence-electron chi connectivity index (χ0n) is 13.6. The number of hydrogen-bond donors (Lipinski definition) is 2. The quantitative estimate of drug-likeness (QED) is 0.893. The number of carbonyl (C=O) groups excluding carboxylic acids is 1. The van der Waals surface area contributed by atoms with Crippen molar-refractivity contribution >= 4 is 5.91 Å². The van der Waals surface area contributed by atoms with E-state index >= 15 is 0 Å². The summed E-state index contributed by atoms with van der Waals surface area (Å²) in [5, 5.41) is 6.62. The van der Waals surface area contributed by atoms with Crippen molar-refractivity contribution in [3.8, 4) is 0 Å². The normalized spacial score (nSPS) is 23.3. The van der Waals surface area contributed by atoms with Crippen LogP contribution in [0.15, 0.2) is 24.3 Å². The van der Waals surface area contributed by atoms with Gasteiger partial charge in [-0.2, -0.15) is 0 Å². The van der Waals surface area contributed by atoms with E-state index in [0.29, 0.717) is 12.1 Å². The van der Waals surface area contributed by atoms with Crippen molar-refractivity contribution in [3.05, 3.63) is 35.4 Å². The first-order valence-corrected chi connectivity index (χ1v) is 8.48. The highest BCUT2D eigenvalue weighted by Crippen LogP contribution is 2.17. The van der Waals surface area contributed by atoms with Gasteiger partial charge in [-0.25, -0.2) is 0 Å². The highest BCUT2D eigenvalue weighted by Gasteiger charge is 2.27. The molecule has 1 amide bonds. The van der Waals surface area contributed by atoms with E-state index in [0.717, 1.165) is 38.9 Å². The molecule has 1 aromatic rings. The Bertz CT molecular complexity index is 521. The number of likely N-dealkylation sites (tertiary alicyclic amines) is 1. The third kappa shape index (κ3) is 3.50. The number of nitrogens with one attached hydrogen (secondary N) is 2. The van der Waals surface area contributed by atoms with Gasteiger partial charge in [0.05, 0.1) is 6.04 Å². The molecule has 4 nitrogen and oxygen atoms in total. The van der Waals surface area contributed by atoms with Gasteiger partial charge < -0.3 is 15.5 Å². The summed E-state index contributed by atoms with van der Waals surface area (Å²) in [5.41, 5.74) is 2.62. The Hall–Kier alpha value is -1.39. The molecule has 2 aliphatic rings. The fraction of sp³-hybridized carbons (Fsp3) is 0.611. The minimum Gasteiger partial charge on any atom is -0.352 e. The molecule has 0 radical (unpaired) electrons. The van der Waals surface area contributed by atoms with E-state index in [1.165, 1.54) is 11.1 Å². The molecule has 0 bridgehead atoms. The second-order valence-corrected chi connectivity index (χ2v) is 6.82. The molecule has 0 aromatic heterocycles. The summed E-state index contributed by atoms with van der Waals surface area (Å²) in [6, 6.07) is 9.24. The van der Waals surface area contributed by atoms with Crippen molar-refractivity contribution in [2.24, 2.45) is 0 Å². The van der Waals surface area contributed by atoms with E-state index in [-0.39, 0.29) is 11.9 Å². The molecule has 0 spiro atoms. The Kier molecular flexibility index (Phi) is 4.79. The molecule has 120 valence electrons. The fourth-order valence-electron chi connectivity index (χ4n) is 3.50. The lowest BCUT2D eigenvalue weighted by Gasteiger charge is -2.35. The van der Waals surface area contributed by atoms with E-state index in [9.17, 15) is 4.79 Å². The Morgan fingerprint density at radius 3 is 2.59 bits per heavy atom. The minimum atomic E-state index is -0.0852. The third-order valence-corrected chi connectivity index (χ3v) is 5.00. The minimum absolute atomic E-state index is 0.0852. The zero-order valence-corrected chi connectivity index (χ0v) is 13.6. The molecule has 0 saturated carbocycles. The average molecular weight is 301 g/mol. The van der Waals surface area contributed by atoms with Crippen LogP contribution in [-0.2, 0) is 17.8 Å². The van der Waals surface area contributed by atoms with Gasteiger partial charge in [0, 0.05) is 31.7 Å². The lowest BCUT2D eigenvalue weighted by molar-refractivity contribution is -0.124. The lowest BCUT2D eigenvalue weighted by atomic mass is 9.95. The number of piperidine rings is 1. The van der Waals surface area contributed by atoms with Crippen LogP contribution < -0.4 is 10.6 Å². The van der Waals surface area contributed by atoms with Crippen LogP contribution in [0.25, 0.3) is 0 Å². The average Bonchev–Trinajstić information content (AvgIpc) is 2.55. The monoisotopic (exact) mass is 301 g/mol. The maximum atomic E-state index is 12.5. The van der Waals surface area contributed by atoms with Gasteiger partial charge in [0.15, 0.2) is 0 Å². The third-order valence-electron chi connectivity index (χ3n) is 5.00. The zero-order chi connectivity index (χ0) is 15.5. The van der Waals surface area contributed by atoms with E-state index in [2.05, 4.69) is 53.6 Å². The maximum Gasteiger partial charge on any atom is 0.237 e. The topological polar surface area (TPSA) is 44.4 Å². The van der Waals surface area contributed by atoms with Crippen LogP contribution in [0, 0.1) is 0 Å².